The maximum Gasteiger partial charge on any atom is 0.270 e. The van der Waals surface area contributed by atoms with Crippen molar-refractivity contribution in [3.05, 3.63) is 24.0 Å². The zero-order valence-corrected chi connectivity index (χ0v) is 17.1. The van der Waals surface area contributed by atoms with Gasteiger partial charge in [-0.2, -0.15) is 0 Å². The SMILES string of the molecule is CCNCn1cccc1C(=O)N1CC[C@@H]2[C@@H]1[C@H](C(C)C)C(=O)N2S(C)(=O)=O. The highest BCUT2D eigenvalue weighted by molar-refractivity contribution is 7.88. The molecule has 2 saturated heterocycles. The van der Waals surface area contributed by atoms with Gasteiger partial charge in [0, 0.05) is 12.7 Å². The molecule has 0 radical (unpaired) electrons. The van der Waals surface area contributed by atoms with E-state index in [1.807, 2.05) is 37.6 Å². The Morgan fingerprint density at radius 1 is 1.37 bits per heavy atom. The van der Waals surface area contributed by atoms with Crippen LogP contribution in [-0.2, 0) is 21.5 Å². The molecule has 27 heavy (non-hydrogen) atoms. The Hall–Kier alpha value is -1.87. The number of carbonyl (C=O) groups is 2. The number of fused-ring (bicyclic) bond motifs is 1. The highest BCUT2D eigenvalue weighted by Crippen LogP contribution is 2.41. The molecule has 0 unspecified atom stereocenters. The summed E-state index contributed by atoms with van der Waals surface area (Å²) in [7, 11) is -3.66. The van der Waals surface area contributed by atoms with E-state index in [2.05, 4.69) is 5.32 Å². The second-order valence-electron chi connectivity index (χ2n) is 7.64. The molecule has 150 valence electrons. The van der Waals surface area contributed by atoms with Gasteiger partial charge in [0.1, 0.15) is 5.69 Å². The predicted molar refractivity (Wildman–Crippen MR) is 101 cm³/mol. The summed E-state index contributed by atoms with van der Waals surface area (Å²) < 4.78 is 27.3. The number of carbonyl (C=O) groups excluding carboxylic acids is 2. The van der Waals surface area contributed by atoms with Crippen molar-refractivity contribution >= 4 is 21.8 Å². The minimum Gasteiger partial charge on any atom is -0.331 e. The molecule has 0 saturated carbocycles. The quantitative estimate of drug-likeness (QED) is 0.765. The van der Waals surface area contributed by atoms with E-state index in [-0.39, 0.29) is 17.7 Å². The topological polar surface area (TPSA) is 91.7 Å². The highest BCUT2D eigenvalue weighted by Gasteiger charge is 2.58. The van der Waals surface area contributed by atoms with Crippen molar-refractivity contribution in [2.75, 3.05) is 19.3 Å². The summed E-state index contributed by atoms with van der Waals surface area (Å²) in [5.41, 5.74) is 0.546. The van der Waals surface area contributed by atoms with Gasteiger partial charge in [-0.25, -0.2) is 12.7 Å². The number of amides is 2. The number of nitrogens with zero attached hydrogens (tertiary/aromatic N) is 3. The van der Waals surface area contributed by atoms with E-state index in [0.717, 1.165) is 17.1 Å². The standard InChI is InChI=1S/C18H28N4O4S/c1-5-19-11-20-9-6-7-14(20)17(23)21-10-8-13-16(21)15(12(2)3)18(24)22(13)27(4,25)26/h6-7,9,12-13,15-16,19H,5,8,10-11H2,1-4H3/t13-,15+,16-/m1/s1. The molecule has 0 bridgehead atoms. The Kier molecular flexibility index (Phi) is 5.36. The van der Waals surface area contributed by atoms with Crippen LogP contribution < -0.4 is 5.32 Å². The summed E-state index contributed by atoms with van der Waals surface area (Å²) in [6, 6.07) is 2.70. The van der Waals surface area contributed by atoms with Crippen LogP contribution in [0.5, 0.6) is 0 Å². The molecule has 2 aliphatic heterocycles. The molecular weight excluding hydrogens is 368 g/mol. The van der Waals surface area contributed by atoms with Crippen LogP contribution in [0.25, 0.3) is 0 Å². The Balaban J connectivity index is 1.94. The van der Waals surface area contributed by atoms with Gasteiger partial charge in [-0.1, -0.05) is 20.8 Å². The molecule has 3 atom stereocenters. The molecule has 1 N–H and O–H groups in total. The summed E-state index contributed by atoms with van der Waals surface area (Å²) in [6.45, 7) is 7.55. The third-order valence-corrected chi connectivity index (χ3v) is 6.67. The van der Waals surface area contributed by atoms with Crippen LogP contribution in [-0.4, -0.2) is 65.4 Å². The summed E-state index contributed by atoms with van der Waals surface area (Å²) in [4.78, 5) is 27.8. The van der Waals surface area contributed by atoms with Crippen molar-refractivity contribution in [2.24, 2.45) is 11.8 Å². The van der Waals surface area contributed by atoms with Gasteiger partial charge in [-0.3, -0.25) is 14.9 Å². The average molecular weight is 397 g/mol. The van der Waals surface area contributed by atoms with Crippen LogP contribution in [0.1, 0.15) is 37.7 Å². The number of sulfonamides is 1. The molecule has 0 spiro atoms. The minimum absolute atomic E-state index is 0.0568. The fourth-order valence-electron chi connectivity index (χ4n) is 4.40. The molecular formula is C18H28N4O4S. The predicted octanol–water partition coefficient (Wildman–Crippen LogP) is 0.712. The molecule has 9 heteroatoms. The number of hydrogen-bond donors (Lipinski definition) is 1. The molecule has 3 heterocycles. The summed E-state index contributed by atoms with van der Waals surface area (Å²) in [5, 5.41) is 3.19. The number of rotatable bonds is 6. The van der Waals surface area contributed by atoms with Gasteiger partial charge in [-0.15, -0.1) is 0 Å². The molecule has 1 aromatic heterocycles. The maximum atomic E-state index is 13.3. The van der Waals surface area contributed by atoms with Gasteiger partial charge in [0.05, 0.1) is 30.9 Å². The Morgan fingerprint density at radius 3 is 2.67 bits per heavy atom. The Morgan fingerprint density at radius 2 is 2.07 bits per heavy atom. The first-order valence-electron chi connectivity index (χ1n) is 9.38. The molecule has 2 amide bonds. The fraction of sp³-hybridized carbons (Fsp3) is 0.667. The van der Waals surface area contributed by atoms with Crippen molar-refractivity contribution in [3.8, 4) is 0 Å². The first-order valence-corrected chi connectivity index (χ1v) is 11.2. The first-order chi connectivity index (χ1) is 12.7. The maximum absolute atomic E-state index is 13.3. The van der Waals surface area contributed by atoms with Gasteiger partial charge in [0.2, 0.25) is 15.9 Å². The lowest BCUT2D eigenvalue weighted by Gasteiger charge is -2.29. The monoisotopic (exact) mass is 396 g/mol. The average Bonchev–Trinajstić information content (AvgIpc) is 3.24. The Bertz CT molecular complexity index is 832. The summed E-state index contributed by atoms with van der Waals surface area (Å²) >= 11 is 0. The Labute approximate surface area is 160 Å². The fourth-order valence-corrected chi connectivity index (χ4v) is 5.57. The van der Waals surface area contributed by atoms with E-state index >= 15 is 0 Å². The van der Waals surface area contributed by atoms with E-state index in [1.54, 1.807) is 11.0 Å². The van der Waals surface area contributed by atoms with Crippen LogP contribution in [0.2, 0.25) is 0 Å². The first kappa shape index (κ1) is 19.9. The van der Waals surface area contributed by atoms with Gasteiger partial charge in [0.15, 0.2) is 0 Å². The highest BCUT2D eigenvalue weighted by atomic mass is 32.2. The van der Waals surface area contributed by atoms with Crippen molar-refractivity contribution in [3.63, 3.8) is 0 Å². The number of likely N-dealkylation sites (tertiary alicyclic amines) is 1. The third kappa shape index (κ3) is 3.38. The number of nitrogens with one attached hydrogen (secondary N) is 1. The molecule has 2 aliphatic rings. The molecule has 8 nitrogen and oxygen atoms in total. The lowest BCUT2D eigenvalue weighted by atomic mass is 9.88. The molecule has 1 aromatic rings. The van der Waals surface area contributed by atoms with Crippen LogP contribution in [0.4, 0.5) is 0 Å². The van der Waals surface area contributed by atoms with E-state index in [4.69, 9.17) is 0 Å². The molecule has 3 rings (SSSR count). The lowest BCUT2D eigenvalue weighted by Crippen LogP contribution is -2.45. The van der Waals surface area contributed by atoms with E-state index in [9.17, 15) is 18.0 Å². The number of hydrogen-bond acceptors (Lipinski definition) is 5. The second kappa shape index (κ2) is 7.27. The van der Waals surface area contributed by atoms with Crippen molar-refractivity contribution in [1.29, 1.82) is 0 Å². The summed E-state index contributed by atoms with van der Waals surface area (Å²) in [6.07, 6.45) is 3.38. The van der Waals surface area contributed by atoms with Crippen molar-refractivity contribution in [1.82, 2.24) is 19.1 Å². The minimum atomic E-state index is -3.66. The van der Waals surface area contributed by atoms with Gasteiger partial charge < -0.3 is 9.47 Å². The van der Waals surface area contributed by atoms with Crippen molar-refractivity contribution in [2.45, 2.75) is 45.9 Å². The van der Waals surface area contributed by atoms with E-state index in [1.165, 1.54) is 0 Å². The van der Waals surface area contributed by atoms with E-state index < -0.39 is 28.0 Å². The van der Waals surface area contributed by atoms with Crippen molar-refractivity contribution < 1.29 is 18.0 Å². The van der Waals surface area contributed by atoms with Gasteiger partial charge in [0.25, 0.3) is 5.91 Å². The van der Waals surface area contributed by atoms with Crippen LogP contribution in [0.15, 0.2) is 18.3 Å². The van der Waals surface area contributed by atoms with Crippen LogP contribution in [0, 0.1) is 11.8 Å². The smallest absolute Gasteiger partial charge is 0.270 e. The number of aromatic nitrogens is 1. The van der Waals surface area contributed by atoms with Crippen LogP contribution in [0.3, 0.4) is 0 Å². The second-order valence-corrected chi connectivity index (χ2v) is 9.50. The largest absolute Gasteiger partial charge is 0.331 e. The summed E-state index contributed by atoms with van der Waals surface area (Å²) in [5.74, 6) is -1.10. The molecule has 0 aromatic carbocycles. The van der Waals surface area contributed by atoms with Gasteiger partial charge in [-0.05, 0) is 31.0 Å². The zero-order valence-electron chi connectivity index (χ0n) is 16.3. The molecule has 0 aliphatic carbocycles. The van der Waals surface area contributed by atoms with Crippen LogP contribution >= 0.6 is 0 Å². The van der Waals surface area contributed by atoms with Gasteiger partial charge >= 0.3 is 0 Å². The van der Waals surface area contributed by atoms with E-state index in [0.29, 0.717) is 25.3 Å². The third-order valence-electron chi connectivity index (χ3n) is 5.51. The molecule has 2 fully saturated rings. The normalized spacial score (nSPS) is 25.5. The zero-order chi connectivity index (χ0) is 19.9. The lowest BCUT2D eigenvalue weighted by molar-refractivity contribution is -0.129.